The number of carbonyl (C=O) groups excluding carboxylic acids is 1. The average molecular weight is 551 g/mol. The Morgan fingerprint density at radius 1 is 1.16 bits per heavy atom. The number of anilines is 2. The van der Waals surface area contributed by atoms with Crippen LogP contribution in [0.3, 0.4) is 0 Å². The number of aliphatic hydroxyl groups is 1. The number of aromatic nitrogens is 2. The number of urea groups is 1. The Labute approximate surface area is 218 Å². The number of halogens is 4. The van der Waals surface area contributed by atoms with Crippen LogP contribution in [0.5, 0.6) is 5.75 Å². The molecule has 1 aliphatic heterocycles. The second kappa shape index (κ2) is 11.2. The number of rotatable bonds is 7. The molecular weight excluding hydrogens is 528 g/mol. The van der Waals surface area contributed by atoms with Crippen molar-refractivity contribution in [3.63, 3.8) is 0 Å². The summed E-state index contributed by atoms with van der Waals surface area (Å²) in [4.78, 5) is 17.6. The van der Waals surface area contributed by atoms with Gasteiger partial charge in [0, 0.05) is 41.7 Å². The molecule has 3 aromatic rings. The Morgan fingerprint density at radius 3 is 2.47 bits per heavy atom. The molecule has 2 heterocycles. The number of carbonyl (C=O) groups is 1. The molecule has 0 aliphatic carbocycles. The minimum absolute atomic E-state index is 0.131. The average Bonchev–Trinajstić information content (AvgIpc) is 3.31. The van der Waals surface area contributed by atoms with Crippen molar-refractivity contribution in [2.24, 2.45) is 0 Å². The largest absolute Gasteiger partial charge is 0.458 e. The molecule has 14 heteroatoms. The topological polar surface area (TPSA) is 112 Å². The van der Waals surface area contributed by atoms with Crippen molar-refractivity contribution in [3.05, 3.63) is 77.4 Å². The highest BCUT2D eigenvalue weighted by Crippen LogP contribution is 2.38. The number of ether oxygens (including phenoxy) is 1. The summed E-state index contributed by atoms with van der Waals surface area (Å²) in [5.74, 6) is 0.588. The van der Waals surface area contributed by atoms with E-state index in [2.05, 4.69) is 25.3 Å². The van der Waals surface area contributed by atoms with Crippen LogP contribution in [0.25, 0.3) is 11.4 Å². The summed E-state index contributed by atoms with van der Waals surface area (Å²) in [5.41, 5.74) is -1.29. The van der Waals surface area contributed by atoms with E-state index in [0.29, 0.717) is 28.7 Å². The molecule has 0 saturated heterocycles. The first-order chi connectivity index (χ1) is 18.0. The Morgan fingerprint density at radius 2 is 1.84 bits per heavy atom. The summed E-state index contributed by atoms with van der Waals surface area (Å²) in [6.07, 6.45) is -0.333. The maximum atomic E-state index is 13.6. The first-order valence-corrected chi connectivity index (χ1v) is 11.8. The van der Waals surface area contributed by atoms with Crippen LogP contribution in [0.1, 0.15) is 5.56 Å². The predicted molar refractivity (Wildman–Crippen MR) is 134 cm³/mol. The molecule has 2 unspecified atom stereocenters. The smallest absolute Gasteiger partial charge is 0.417 e. The fraction of sp³-hybridized carbons (Fsp3) is 0.208. The summed E-state index contributed by atoms with van der Waals surface area (Å²) in [5, 5.41) is 16.8. The maximum absolute atomic E-state index is 13.6. The standard InChI is InChI=1S/C24H22F4N6O3S/c1-29-21(35)19-12-16(9-10-34(19)2)37-15-6-3-13(4-7-15)30-23(36)31-14-5-8-17(18(11-14)24(26,27)28)20-32-22(25)38-33-20/h3-12,19,21,29,35H,1-2H3,(H2,30,31,36). The van der Waals surface area contributed by atoms with Crippen molar-refractivity contribution in [3.8, 4) is 17.1 Å². The number of hydrogen-bond acceptors (Lipinski definition) is 8. The van der Waals surface area contributed by atoms with Gasteiger partial charge in [-0.1, -0.05) is 0 Å². The molecule has 4 rings (SSSR count). The molecule has 2 aromatic carbocycles. The van der Waals surface area contributed by atoms with E-state index in [0.717, 1.165) is 12.1 Å². The fourth-order valence-corrected chi connectivity index (χ4v) is 4.01. The lowest BCUT2D eigenvalue weighted by molar-refractivity contribution is -0.137. The van der Waals surface area contributed by atoms with Crippen molar-refractivity contribution in [1.29, 1.82) is 0 Å². The van der Waals surface area contributed by atoms with Gasteiger partial charge in [0.1, 0.15) is 17.7 Å². The van der Waals surface area contributed by atoms with Crippen molar-refractivity contribution >= 4 is 28.9 Å². The molecule has 9 nitrogen and oxygen atoms in total. The number of likely N-dealkylation sites (N-methyl/N-ethyl adjacent to an activating group) is 2. The summed E-state index contributed by atoms with van der Waals surface area (Å²) in [6, 6.07) is 8.23. The first-order valence-electron chi connectivity index (χ1n) is 11.1. The van der Waals surface area contributed by atoms with Gasteiger partial charge < -0.3 is 25.4 Å². The van der Waals surface area contributed by atoms with Crippen LogP contribution in [-0.2, 0) is 6.18 Å². The second-order valence-corrected chi connectivity index (χ2v) is 8.81. The molecule has 0 bridgehead atoms. The van der Waals surface area contributed by atoms with Gasteiger partial charge in [-0.05, 0) is 61.7 Å². The van der Waals surface area contributed by atoms with Gasteiger partial charge in [-0.25, -0.2) is 4.79 Å². The van der Waals surface area contributed by atoms with E-state index >= 15 is 0 Å². The molecule has 2 amide bonds. The molecule has 0 fully saturated rings. The monoisotopic (exact) mass is 550 g/mol. The van der Waals surface area contributed by atoms with Gasteiger partial charge in [0.25, 0.3) is 5.26 Å². The van der Waals surface area contributed by atoms with Gasteiger partial charge in [-0.3, -0.25) is 5.32 Å². The van der Waals surface area contributed by atoms with Gasteiger partial charge in [0.05, 0.1) is 11.6 Å². The molecule has 0 radical (unpaired) electrons. The van der Waals surface area contributed by atoms with E-state index in [1.807, 2.05) is 11.9 Å². The van der Waals surface area contributed by atoms with Gasteiger partial charge >= 0.3 is 12.2 Å². The van der Waals surface area contributed by atoms with Crippen LogP contribution < -0.4 is 20.7 Å². The Kier molecular flexibility index (Phi) is 7.94. The highest BCUT2D eigenvalue weighted by molar-refractivity contribution is 7.03. The zero-order chi connectivity index (χ0) is 27.4. The molecular formula is C24H22F4N6O3S. The quantitative estimate of drug-likeness (QED) is 0.251. The normalized spacial score (nSPS) is 16.1. The molecule has 200 valence electrons. The van der Waals surface area contributed by atoms with Crippen LogP contribution in [-0.4, -0.2) is 51.8 Å². The van der Waals surface area contributed by atoms with Gasteiger partial charge in [-0.15, -0.1) is 0 Å². The van der Waals surface area contributed by atoms with Crippen molar-refractivity contribution in [1.82, 2.24) is 19.6 Å². The van der Waals surface area contributed by atoms with Gasteiger partial charge in [0.2, 0.25) is 0 Å². The van der Waals surface area contributed by atoms with Crippen LogP contribution in [0.15, 0.2) is 66.6 Å². The SMILES string of the molecule is CNC(O)C1C=C(Oc2ccc(NC(=O)Nc3ccc(-c4nsc(F)n4)c(C(F)(F)F)c3)cc2)C=CN1C. The number of nitrogens with one attached hydrogen (secondary N) is 3. The minimum atomic E-state index is -4.79. The highest BCUT2D eigenvalue weighted by atomic mass is 32.1. The van der Waals surface area contributed by atoms with Gasteiger partial charge in [-0.2, -0.15) is 26.9 Å². The second-order valence-electron chi connectivity index (χ2n) is 8.11. The van der Waals surface area contributed by atoms with Gasteiger partial charge in [0.15, 0.2) is 5.82 Å². The number of hydrogen-bond donors (Lipinski definition) is 4. The summed E-state index contributed by atoms with van der Waals surface area (Å²) >= 11 is 0.343. The molecule has 38 heavy (non-hydrogen) atoms. The fourth-order valence-electron chi connectivity index (χ4n) is 3.59. The summed E-state index contributed by atoms with van der Waals surface area (Å²) < 4.78 is 63.4. The van der Waals surface area contributed by atoms with E-state index in [-0.39, 0.29) is 11.7 Å². The van der Waals surface area contributed by atoms with E-state index in [4.69, 9.17) is 4.74 Å². The predicted octanol–water partition coefficient (Wildman–Crippen LogP) is 4.64. The summed E-state index contributed by atoms with van der Waals surface area (Å²) in [7, 11) is 3.46. The Balaban J connectivity index is 1.41. The highest BCUT2D eigenvalue weighted by Gasteiger charge is 2.35. The van der Waals surface area contributed by atoms with E-state index in [9.17, 15) is 27.5 Å². The summed E-state index contributed by atoms with van der Waals surface area (Å²) in [6.45, 7) is 0. The third-order valence-electron chi connectivity index (χ3n) is 5.47. The van der Waals surface area contributed by atoms with E-state index < -0.39 is 40.6 Å². The lowest BCUT2D eigenvalue weighted by Gasteiger charge is -2.31. The first kappa shape index (κ1) is 27.0. The lowest BCUT2D eigenvalue weighted by Crippen LogP contribution is -2.45. The zero-order valence-electron chi connectivity index (χ0n) is 20.0. The van der Waals surface area contributed by atoms with E-state index in [1.165, 1.54) is 6.07 Å². The van der Waals surface area contributed by atoms with Crippen molar-refractivity contribution < 1.29 is 32.2 Å². The van der Waals surface area contributed by atoms with Crippen LogP contribution in [0.4, 0.5) is 33.7 Å². The minimum Gasteiger partial charge on any atom is -0.458 e. The molecule has 0 saturated carbocycles. The number of allylic oxidation sites excluding steroid dienone is 1. The number of benzene rings is 2. The van der Waals surface area contributed by atoms with Crippen LogP contribution in [0, 0.1) is 5.26 Å². The van der Waals surface area contributed by atoms with Crippen molar-refractivity contribution in [2.75, 3.05) is 24.7 Å². The third-order valence-corrected chi connectivity index (χ3v) is 5.98. The molecule has 1 aliphatic rings. The zero-order valence-corrected chi connectivity index (χ0v) is 20.8. The number of nitrogens with zero attached hydrogens (tertiary/aromatic N) is 3. The Bertz CT molecular complexity index is 1360. The Hall–Kier alpha value is -4.01. The molecule has 2 atom stereocenters. The number of alkyl halides is 3. The third kappa shape index (κ3) is 6.45. The lowest BCUT2D eigenvalue weighted by atomic mass is 10.1. The van der Waals surface area contributed by atoms with E-state index in [1.54, 1.807) is 49.7 Å². The molecule has 0 spiro atoms. The molecule has 4 N–H and O–H groups in total. The van der Waals surface area contributed by atoms with Crippen LogP contribution in [0.2, 0.25) is 0 Å². The molecule has 1 aromatic heterocycles. The maximum Gasteiger partial charge on any atom is 0.417 e. The number of amides is 2. The number of aliphatic hydroxyl groups excluding tert-OH is 1. The van der Waals surface area contributed by atoms with Crippen molar-refractivity contribution in [2.45, 2.75) is 18.4 Å². The van der Waals surface area contributed by atoms with Crippen LogP contribution >= 0.6 is 11.5 Å².